The first-order valence-electron chi connectivity index (χ1n) is 8.81. The van der Waals surface area contributed by atoms with E-state index in [-0.39, 0.29) is 13.0 Å². The van der Waals surface area contributed by atoms with E-state index in [1.54, 1.807) is 48.5 Å². The monoisotopic (exact) mass is 411 g/mol. The van der Waals surface area contributed by atoms with Gasteiger partial charge in [-0.15, -0.1) is 0 Å². The maximum atomic E-state index is 12.4. The summed E-state index contributed by atoms with van der Waals surface area (Å²) in [5.74, 6) is -1.73. The number of carbonyl (C=O) groups is 2. The Hall–Kier alpha value is -3.45. The molecule has 1 amide bonds. The van der Waals surface area contributed by atoms with Crippen molar-refractivity contribution in [3.63, 3.8) is 0 Å². The standard InChI is InChI=1S/C21H18ClN3O4/c22-16-8-6-15(7-9-16)18-12-25(20(27)11-23-18)13-19(26)24-17(21(28)29)10-14-4-2-1-3-5-14/h1-9,11-12,17H,10,13H2,(H,24,26)(H,28,29)/t17-/m0/s1. The third-order valence-corrected chi connectivity index (χ3v) is 4.50. The zero-order valence-corrected chi connectivity index (χ0v) is 16.0. The van der Waals surface area contributed by atoms with Gasteiger partial charge in [0.1, 0.15) is 12.6 Å². The smallest absolute Gasteiger partial charge is 0.326 e. The second-order valence-corrected chi connectivity index (χ2v) is 6.83. The zero-order chi connectivity index (χ0) is 20.8. The number of hydrogen-bond acceptors (Lipinski definition) is 4. The number of benzene rings is 2. The van der Waals surface area contributed by atoms with Gasteiger partial charge in [0.05, 0.1) is 11.9 Å². The summed E-state index contributed by atoms with van der Waals surface area (Å²) in [6.45, 7) is -0.319. The second-order valence-electron chi connectivity index (χ2n) is 6.39. The minimum absolute atomic E-state index is 0.142. The summed E-state index contributed by atoms with van der Waals surface area (Å²) in [4.78, 5) is 40.1. The van der Waals surface area contributed by atoms with Gasteiger partial charge in [-0.05, 0) is 17.7 Å². The van der Waals surface area contributed by atoms with Crippen molar-refractivity contribution in [3.05, 3.63) is 87.9 Å². The fourth-order valence-electron chi connectivity index (χ4n) is 2.78. The summed E-state index contributed by atoms with van der Waals surface area (Å²) in [5.41, 5.74) is 1.54. The van der Waals surface area contributed by atoms with Gasteiger partial charge in [-0.2, -0.15) is 0 Å². The van der Waals surface area contributed by atoms with Gasteiger partial charge in [0.15, 0.2) is 0 Å². The lowest BCUT2D eigenvalue weighted by atomic mass is 10.1. The number of carboxylic acids is 1. The molecule has 1 heterocycles. The number of aromatic nitrogens is 2. The number of hydrogen-bond donors (Lipinski definition) is 2. The van der Waals surface area contributed by atoms with E-state index < -0.39 is 23.5 Å². The van der Waals surface area contributed by atoms with Crippen LogP contribution in [0.15, 0.2) is 71.8 Å². The molecule has 7 nitrogen and oxygen atoms in total. The maximum absolute atomic E-state index is 12.4. The number of rotatable bonds is 7. The molecule has 0 saturated heterocycles. The second kappa shape index (κ2) is 9.16. The lowest BCUT2D eigenvalue weighted by Gasteiger charge is -2.15. The number of nitrogens with one attached hydrogen (secondary N) is 1. The highest BCUT2D eigenvalue weighted by molar-refractivity contribution is 6.30. The number of halogens is 1. The van der Waals surface area contributed by atoms with E-state index in [9.17, 15) is 19.5 Å². The minimum Gasteiger partial charge on any atom is -0.480 e. The molecule has 1 aromatic heterocycles. The van der Waals surface area contributed by atoms with Crippen LogP contribution in [0.3, 0.4) is 0 Å². The van der Waals surface area contributed by atoms with Crippen LogP contribution in [-0.2, 0) is 22.6 Å². The van der Waals surface area contributed by atoms with Crippen LogP contribution in [0.25, 0.3) is 11.3 Å². The largest absolute Gasteiger partial charge is 0.480 e. The van der Waals surface area contributed by atoms with Gasteiger partial charge in [0.2, 0.25) is 5.91 Å². The molecule has 3 rings (SSSR count). The molecule has 29 heavy (non-hydrogen) atoms. The van der Waals surface area contributed by atoms with E-state index in [0.29, 0.717) is 10.7 Å². The van der Waals surface area contributed by atoms with Crippen LogP contribution in [0.4, 0.5) is 0 Å². The molecule has 3 aromatic rings. The van der Waals surface area contributed by atoms with Gasteiger partial charge < -0.3 is 15.0 Å². The Kier molecular flexibility index (Phi) is 6.41. The van der Waals surface area contributed by atoms with Crippen LogP contribution in [0, 0.1) is 0 Å². The quantitative estimate of drug-likeness (QED) is 0.621. The van der Waals surface area contributed by atoms with Crippen molar-refractivity contribution in [2.75, 3.05) is 0 Å². The molecule has 0 unspecified atom stereocenters. The average Bonchev–Trinajstić information content (AvgIpc) is 2.70. The molecule has 8 heteroatoms. The van der Waals surface area contributed by atoms with Crippen molar-refractivity contribution in [1.82, 2.24) is 14.9 Å². The predicted molar refractivity (Wildman–Crippen MR) is 109 cm³/mol. The number of nitrogens with zero attached hydrogens (tertiary/aromatic N) is 2. The first-order chi connectivity index (χ1) is 13.9. The summed E-state index contributed by atoms with van der Waals surface area (Å²) >= 11 is 5.88. The fraction of sp³-hybridized carbons (Fsp3) is 0.143. The molecule has 148 valence electrons. The highest BCUT2D eigenvalue weighted by Gasteiger charge is 2.20. The molecule has 0 aliphatic heterocycles. The number of carboxylic acid groups (broad SMARTS) is 1. The molecule has 0 saturated carbocycles. The number of carbonyl (C=O) groups excluding carboxylic acids is 1. The van der Waals surface area contributed by atoms with Crippen molar-refractivity contribution in [1.29, 1.82) is 0 Å². The highest BCUT2D eigenvalue weighted by Crippen LogP contribution is 2.18. The van der Waals surface area contributed by atoms with E-state index in [1.807, 2.05) is 6.07 Å². The van der Waals surface area contributed by atoms with Crippen LogP contribution in [0.2, 0.25) is 5.02 Å². The normalized spacial score (nSPS) is 11.6. The topological polar surface area (TPSA) is 101 Å². The Balaban J connectivity index is 1.73. The van der Waals surface area contributed by atoms with Crippen LogP contribution < -0.4 is 10.9 Å². The van der Waals surface area contributed by atoms with Crippen molar-refractivity contribution in [2.45, 2.75) is 19.0 Å². The lowest BCUT2D eigenvalue weighted by Crippen LogP contribution is -2.44. The third-order valence-electron chi connectivity index (χ3n) is 4.25. The molecule has 2 N–H and O–H groups in total. The van der Waals surface area contributed by atoms with Gasteiger partial charge in [-0.3, -0.25) is 9.59 Å². The molecule has 0 aliphatic rings. The Morgan fingerprint density at radius 1 is 1.10 bits per heavy atom. The highest BCUT2D eigenvalue weighted by atomic mass is 35.5. The van der Waals surface area contributed by atoms with Crippen molar-refractivity contribution in [2.24, 2.45) is 0 Å². The number of amides is 1. The van der Waals surface area contributed by atoms with Crippen molar-refractivity contribution >= 4 is 23.5 Å². The summed E-state index contributed by atoms with van der Waals surface area (Å²) in [5, 5.41) is 12.5. The van der Waals surface area contributed by atoms with E-state index in [1.165, 1.54) is 10.8 Å². The maximum Gasteiger partial charge on any atom is 0.326 e. The predicted octanol–water partition coefficient (Wildman–Crippen LogP) is 2.38. The Labute approximate surface area is 171 Å². The summed E-state index contributed by atoms with van der Waals surface area (Å²) < 4.78 is 1.19. The van der Waals surface area contributed by atoms with Crippen LogP contribution in [0.1, 0.15) is 5.56 Å². The number of aliphatic carboxylic acids is 1. The first kappa shape index (κ1) is 20.3. The van der Waals surface area contributed by atoms with Gasteiger partial charge in [0.25, 0.3) is 5.56 Å². The molecule has 0 bridgehead atoms. The van der Waals surface area contributed by atoms with Crippen LogP contribution in [-0.4, -0.2) is 32.6 Å². The SMILES string of the molecule is O=C(Cn1cc(-c2ccc(Cl)cc2)ncc1=O)N[C@@H](Cc1ccccc1)C(=O)O. The average molecular weight is 412 g/mol. The van der Waals surface area contributed by atoms with E-state index in [0.717, 1.165) is 17.3 Å². The van der Waals surface area contributed by atoms with Crippen molar-refractivity contribution < 1.29 is 14.7 Å². The molecular weight excluding hydrogens is 394 g/mol. The van der Waals surface area contributed by atoms with E-state index >= 15 is 0 Å². The molecule has 2 aromatic carbocycles. The van der Waals surface area contributed by atoms with Gasteiger partial charge in [0, 0.05) is 23.2 Å². The third kappa shape index (κ3) is 5.52. The Morgan fingerprint density at radius 3 is 2.45 bits per heavy atom. The van der Waals surface area contributed by atoms with Gasteiger partial charge in [-0.1, -0.05) is 54.1 Å². The van der Waals surface area contributed by atoms with E-state index in [2.05, 4.69) is 10.3 Å². The molecule has 0 aliphatic carbocycles. The van der Waals surface area contributed by atoms with Gasteiger partial charge in [-0.25, -0.2) is 9.78 Å². The first-order valence-corrected chi connectivity index (χ1v) is 9.18. The molecule has 0 spiro atoms. The lowest BCUT2D eigenvalue weighted by molar-refractivity contribution is -0.141. The summed E-state index contributed by atoms with van der Waals surface area (Å²) in [7, 11) is 0. The summed E-state index contributed by atoms with van der Waals surface area (Å²) in [6.07, 6.45) is 2.72. The van der Waals surface area contributed by atoms with Gasteiger partial charge >= 0.3 is 5.97 Å². The minimum atomic E-state index is -1.15. The summed E-state index contributed by atoms with van der Waals surface area (Å²) in [6, 6.07) is 14.8. The molecule has 1 atom stereocenters. The molecular formula is C21H18ClN3O4. The van der Waals surface area contributed by atoms with Crippen molar-refractivity contribution in [3.8, 4) is 11.3 Å². The zero-order valence-electron chi connectivity index (χ0n) is 15.3. The Bertz CT molecular complexity index is 1070. The van der Waals surface area contributed by atoms with E-state index in [4.69, 9.17) is 11.6 Å². The molecule has 0 radical (unpaired) electrons. The Morgan fingerprint density at radius 2 is 1.79 bits per heavy atom. The van der Waals surface area contributed by atoms with Crippen LogP contribution >= 0.6 is 11.6 Å². The fourth-order valence-corrected chi connectivity index (χ4v) is 2.91. The molecule has 0 fully saturated rings. The van der Waals surface area contributed by atoms with Crippen LogP contribution in [0.5, 0.6) is 0 Å².